The van der Waals surface area contributed by atoms with Crippen LogP contribution in [-0.4, -0.2) is 6.21 Å². The highest BCUT2D eigenvalue weighted by atomic mass is 16.5. The van der Waals surface area contributed by atoms with Crippen LogP contribution in [0.4, 0.5) is 0 Å². The molecule has 0 aliphatic carbocycles. The van der Waals surface area contributed by atoms with Crippen molar-refractivity contribution in [2.24, 2.45) is 4.99 Å². The second kappa shape index (κ2) is 2.14. The van der Waals surface area contributed by atoms with Crippen LogP contribution in [0.25, 0.3) is 0 Å². The Morgan fingerprint density at radius 3 is 3.10 bits per heavy atom. The monoisotopic (exact) mass is 131 g/mol. The van der Waals surface area contributed by atoms with Gasteiger partial charge in [0.25, 0.3) is 0 Å². The van der Waals surface area contributed by atoms with Gasteiger partial charge in [-0.25, -0.2) is 4.99 Å². The number of para-hydroxylation sites is 1. The molecule has 0 aromatic heterocycles. The molecule has 0 N–H and O–H groups in total. The summed E-state index contributed by atoms with van der Waals surface area (Å²) in [6.07, 6.45) is 1.72. The van der Waals surface area contributed by atoms with Gasteiger partial charge in [-0.3, -0.25) is 0 Å². The number of fused-ring (bicyclic) bond motifs is 1. The van der Waals surface area contributed by atoms with Gasteiger partial charge in [-0.1, -0.05) is 12.1 Å². The van der Waals surface area contributed by atoms with Gasteiger partial charge in [0, 0.05) is 11.8 Å². The number of ether oxygens (including phenoxy) is 1. The van der Waals surface area contributed by atoms with Gasteiger partial charge in [0.05, 0.1) is 0 Å². The number of hydrogen-bond donors (Lipinski definition) is 0. The lowest BCUT2D eigenvalue weighted by Crippen LogP contribution is -1.97. The van der Waals surface area contributed by atoms with Crippen LogP contribution in [0.5, 0.6) is 5.75 Å². The molecule has 1 aliphatic heterocycles. The van der Waals surface area contributed by atoms with Crippen molar-refractivity contribution in [2.45, 2.75) is 0 Å². The largest absolute Gasteiger partial charge is 0.453 e. The molecule has 0 fully saturated rings. The fraction of sp³-hybridized carbons (Fsp3) is 0. The molecule has 0 saturated carbocycles. The number of nitrogens with zero attached hydrogens (tertiary/aromatic N) is 1. The number of benzene rings is 1. The molecular weight excluding hydrogens is 126 g/mol. The van der Waals surface area contributed by atoms with Crippen molar-refractivity contribution < 1.29 is 4.74 Å². The first kappa shape index (κ1) is 5.47. The van der Waals surface area contributed by atoms with Crippen molar-refractivity contribution in [1.82, 2.24) is 0 Å². The molecule has 2 nitrogen and oxygen atoms in total. The van der Waals surface area contributed by atoms with E-state index in [1.54, 1.807) is 6.21 Å². The molecule has 0 amide bonds. The molecule has 0 unspecified atom stereocenters. The highest BCUT2D eigenvalue weighted by Crippen LogP contribution is 2.19. The Morgan fingerprint density at radius 2 is 2.20 bits per heavy atom. The zero-order valence-electron chi connectivity index (χ0n) is 5.24. The first-order valence-electron chi connectivity index (χ1n) is 3.01. The smallest absolute Gasteiger partial charge is 0.336 e. The van der Waals surface area contributed by atoms with Crippen LogP contribution in [0, 0.1) is 6.73 Å². The minimum atomic E-state index is 0.817. The number of hydrogen-bond acceptors (Lipinski definition) is 2. The summed E-state index contributed by atoms with van der Waals surface area (Å²) < 4.78 is 4.98. The Labute approximate surface area is 59.2 Å². The summed E-state index contributed by atoms with van der Waals surface area (Å²) >= 11 is 0. The minimum Gasteiger partial charge on any atom is -0.453 e. The Bertz CT molecular complexity index is 268. The molecule has 0 saturated heterocycles. The van der Waals surface area contributed by atoms with Crippen LogP contribution in [-0.2, 0) is 0 Å². The Morgan fingerprint density at radius 1 is 1.30 bits per heavy atom. The lowest BCUT2D eigenvalue weighted by atomic mass is 10.2. The van der Waals surface area contributed by atoms with Crippen LogP contribution in [0.3, 0.4) is 0 Å². The van der Waals surface area contributed by atoms with Gasteiger partial charge in [0.2, 0.25) is 0 Å². The molecule has 2 radical (unpaired) electrons. The molecular formula is C8H5NO. The fourth-order valence-electron chi connectivity index (χ4n) is 0.852. The lowest BCUT2D eigenvalue weighted by Gasteiger charge is -2.07. The second-order valence-electron chi connectivity index (χ2n) is 1.99. The lowest BCUT2D eigenvalue weighted by molar-refractivity contribution is 0.404. The first-order chi connectivity index (χ1) is 4.97. The highest BCUT2D eigenvalue weighted by Gasteiger charge is 2.03. The predicted octanol–water partition coefficient (Wildman–Crippen LogP) is 1.49. The average Bonchev–Trinajstić information content (AvgIpc) is 2.05. The SMILES string of the molecule is [C]1N=Cc2ccccc2O1. The third-order valence-electron chi connectivity index (χ3n) is 1.33. The van der Waals surface area contributed by atoms with E-state index in [1.807, 2.05) is 24.3 Å². The molecule has 10 heavy (non-hydrogen) atoms. The zero-order valence-corrected chi connectivity index (χ0v) is 5.24. The highest BCUT2D eigenvalue weighted by molar-refractivity contribution is 5.84. The Hall–Kier alpha value is -1.31. The number of rotatable bonds is 0. The average molecular weight is 131 g/mol. The summed E-state index contributed by atoms with van der Waals surface area (Å²) in [6, 6.07) is 7.69. The van der Waals surface area contributed by atoms with Gasteiger partial charge in [0.1, 0.15) is 5.75 Å². The molecule has 0 bridgehead atoms. The van der Waals surface area contributed by atoms with E-state index < -0.39 is 0 Å². The molecule has 0 spiro atoms. The fourth-order valence-corrected chi connectivity index (χ4v) is 0.852. The summed E-state index contributed by atoms with van der Waals surface area (Å²) in [7, 11) is 0. The van der Waals surface area contributed by atoms with E-state index in [2.05, 4.69) is 11.7 Å². The molecule has 0 atom stereocenters. The summed E-state index contributed by atoms with van der Waals surface area (Å²) in [5.74, 6) is 0.817. The molecule has 1 aromatic carbocycles. The maximum Gasteiger partial charge on any atom is 0.336 e. The van der Waals surface area contributed by atoms with Gasteiger partial charge >= 0.3 is 6.73 Å². The normalized spacial score (nSPS) is 14.0. The minimum absolute atomic E-state index is 0.817. The number of aliphatic imine (C=N–C) groups is 1. The molecule has 2 heteroatoms. The Kier molecular flexibility index (Phi) is 1.17. The first-order valence-corrected chi connectivity index (χ1v) is 3.01. The maximum atomic E-state index is 4.98. The van der Waals surface area contributed by atoms with E-state index in [0.29, 0.717) is 0 Å². The molecule has 48 valence electrons. The molecule has 1 aliphatic rings. The molecule has 2 rings (SSSR count). The van der Waals surface area contributed by atoms with Gasteiger partial charge in [-0.2, -0.15) is 0 Å². The van der Waals surface area contributed by atoms with E-state index in [1.165, 1.54) is 0 Å². The van der Waals surface area contributed by atoms with E-state index in [4.69, 9.17) is 4.74 Å². The maximum absolute atomic E-state index is 4.98. The van der Waals surface area contributed by atoms with Crippen molar-refractivity contribution in [3.8, 4) is 5.75 Å². The second-order valence-corrected chi connectivity index (χ2v) is 1.99. The summed E-state index contributed by atoms with van der Waals surface area (Å²) in [5, 5.41) is 0. The van der Waals surface area contributed by atoms with Crippen LogP contribution in [0.1, 0.15) is 5.56 Å². The summed E-state index contributed by atoms with van der Waals surface area (Å²) in [5.41, 5.74) is 1.00. The van der Waals surface area contributed by atoms with Gasteiger partial charge in [0.15, 0.2) is 0 Å². The van der Waals surface area contributed by atoms with E-state index in [0.717, 1.165) is 11.3 Å². The third kappa shape index (κ3) is 0.778. The van der Waals surface area contributed by atoms with E-state index in [9.17, 15) is 0 Å². The van der Waals surface area contributed by atoms with Crippen molar-refractivity contribution >= 4 is 6.21 Å². The van der Waals surface area contributed by atoms with Crippen LogP contribution < -0.4 is 4.74 Å². The predicted molar refractivity (Wildman–Crippen MR) is 37.9 cm³/mol. The van der Waals surface area contributed by atoms with Crippen LogP contribution in [0.15, 0.2) is 29.3 Å². The van der Waals surface area contributed by atoms with Gasteiger partial charge < -0.3 is 4.74 Å². The van der Waals surface area contributed by atoms with Crippen LogP contribution >= 0.6 is 0 Å². The van der Waals surface area contributed by atoms with Gasteiger partial charge in [-0.05, 0) is 12.1 Å². The van der Waals surface area contributed by atoms with E-state index in [-0.39, 0.29) is 0 Å². The molecule has 1 aromatic rings. The standard InChI is InChI=1S/C8H5NO/c1-2-4-8-7(3-1)5-9-6-10-8/h1-5H. The van der Waals surface area contributed by atoms with Crippen molar-refractivity contribution in [3.05, 3.63) is 36.6 Å². The topological polar surface area (TPSA) is 21.6 Å². The van der Waals surface area contributed by atoms with Crippen LogP contribution in [0.2, 0.25) is 0 Å². The quantitative estimate of drug-likeness (QED) is 0.522. The zero-order chi connectivity index (χ0) is 6.81. The van der Waals surface area contributed by atoms with Crippen molar-refractivity contribution in [1.29, 1.82) is 0 Å². The van der Waals surface area contributed by atoms with Crippen molar-refractivity contribution in [3.63, 3.8) is 0 Å². The van der Waals surface area contributed by atoms with Gasteiger partial charge in [-0.15, -0.1) is 0 Å². The van der Waals surface area contributed by atoms with Crippen molar-refractivity contribution in [2.75, 3.05) is 0 Å². The third-order valence-corrected chi connectivity index (χ3v) is 1.33. The summed E-state index contributed by atoms with van der Waals surface area (Å²) in [4.78, 5) is 3.72. The molecule has 1 heterocycles. The Balaban J connectivity index is 2.54. The summed E-state index contributed by atoms with van der Waals surface area (Å²) in [6.45, 7) is 2.41. The van der Waals surface area contributed by atoms with E-state index >= 15 is 0 Å².